The minimum absolute atomic E-state index is 0.274. The topological polar surface area (TPSA) is 59.5 Å². The highest BCUT2D eigenvalue weighted by molar-refractivity contribution is 5.80. The maximum atomic E-state index is 11.8. The summed E-state index contributed by atoms with van der Waals surface area (Å²) >= 11 is 0. The third-order valence-corrected chi connectivity index (χ3v) is 4.41. The van der Waals surface area contributed by atoms with Gasteiger partial charge < -0.3 is 10.2 Å². The Morgan fingerprint density at radius 1 is 1.38 bits per heavy atom. The maximum absolute atomic E-state index is 11.8. The van der Waals surface area contributed by atoms with Gasteiger partial charge in [0, 0.05) is 36.6 Å². The fraction of sp³-hybridized carbons (Fsp3) is 0.471. The molecule has 1 aromatic carbocycles. The zero-order chi connectivity index (χ0) is 15.0. The highest BCUT2D eigenvalue weighted by atomic mass is 16.4. The van der Waals surface area contributed by atoms with Gasteiger partial charge in [0.05, 0.1) is 0 Å². The number of nitrogens with zero attached hydrogens (tertiary/aromatic N) is 1. The van der Waals surface area contributed by atoms with E-state index in [1.54, 1.807) is 6.07 Å². The van der Waals surface area contributed by atoms with Crippen molar-refractivity contribution in [2.24, 2.45) is 5.73 Å². The van der Waals surface area contributed by atoms with Gasteiger partial charge in [-0.25, -0.2) is 4.79 Å². The molecule has 2 unspecified atom stereocenters. The Morgan fingerprint density at radius 2 is 2.19 bits per heavy atom. The molecule has 0 radical (unpaired) electrons. The van der Waals surface area contributed by atoms with Crippen molar-refractivity contribution in [1.82, 2.24) is 4.90 Å². The Bertz CT molecular complexity index is 707. The standard InChI is InChI=1S/C17H22N2O2/c1-11-3-4-15-13(9-17(20)21-16(15)7-11)10-19-6-5-14(18)8-12(19)2/h3-4,7,9,12,14H,5-6,8,10,18H2,1-2H3. The van der Waals surface area contributed by atoms with Crippen molar-refractivity contribution in [1.29, 1.82) is 0 Å². The first-order chi connectivity index (χ1) is 10.0. The largest absolute Gasteiger partial charge is 0.423 e. The van der Waals surface area contributed by atoms with E-state index in [9.17, 15) is 4.79 Å². The summed E-state index contributed by atoms with van der Waals surface area (Å²) in [6.07, 6.45) is 2.03. The molecule has 4 nitrogen and oxygen atoms in total. The molecule has 2 aromatic rings. The number of rotatable bonds is 2. The summed E-state index contributed by atoms with van der Waals surface area (Å²) in [5.74, 6) is 0. The molecule has 1 saturated heterocycles. The van der Waals surface area contributed by atoms with Crippen molar-refractivity contribution >= 4 is 11.0 Å². The van der Waals surface area contributed by atoms with Crippen molar-refractivity contribution in [2.75, 3.05) is 6.54 Å². The zero-order valence-corrected chi connectivity index (χ0v) is 12.6. The van der Waals surface area contributed by atoms with E-state index < -0.39 is 0 Å². The van der Waals surface area contributed by atoms with E-state index in [1.807, 2.05) is 19.1 Å². The molecular weight excluding hydrogens is 264 g/mol. The van der Waals surface area contributed by atoms with E-state index in [1.165, 1.54) is 0 Å². The van der Waals surface area contributed by atoms with Crippen LogP contribution in [0.2, 0.25) is 0 Å². The third kappa shape index (κ3) is 3.01. The van der Waals surface area contributed by atoms with E-state index >= 15 is 0 Å². The summed E-state index contributed by atoms with van der Waals surface area (Å²) in [5.41, 5.74) is 8.57. The second kappa shape index (κ2) is 5.62. The number of nitrogens with two attached hydrogens (primary N) is 1. The maximum Gasteiger partial charge on any atom is 0.336 e. The van der Waals surface area contributed by atoms with Crippen LogP contribution in [-0.4, -0.2) is 23.5 Å². The van der Waals surface area contributed by atoms with Crippen LogP contribution in [0.5, 0.6) is 0 Å². The Kier molecular flexibility index (Phi) is 3.83. The lowest BCUT2D eigenvalue weighted by molar-refractivity contribution is 0.140. The van der Waals surface area contributed by atoms with Crippen LogP contribution in [0.3, 0.4) is 0 Å². The number of aryl methyl sites for hydroxylation is 1. The van der Waals surface area contributed by atoms with Crippen molar-refractivity contribution in [3.8, 4) is 0 Å². The number of hydrogen-bond donors (Lipinski definition) is 1. The number of benzene rings is 1. The SMILES string of the molecule is Cc1ccc2c(CN3CCC(N)CC3C)cc(=O)oc2c1. The molecule has 3 rings (SSSR count). The fourth-order valence-corrected chi connectivity index (χ4v) is 3.18. The summed E-state index contributed by atoms with van der Waals surface area (Å²) in [4.78, 5) is 14.2. The van der Waals surface area contributed by atoms with Gasteiger partial charge in [0.25, 0.3) is 0 Å². The molecule has 0 bridgehead atoms. The summed E-state index contributed by atoms with van der Waals surface area (Å²) < 4.78 is 5.32. The Labute approximate surface area is 124 Å². The van der Waals surface area contributed by atoms with E-state index in [-0.39, 0.29) is 5.63 Å². The molecule has 1 aliphatic heterocycles. The average molecular weight is 286 g/mol. The van der Waals surface area contributed by atoms with E-state index in [4.69, 9.17) is 10.2 Å². The van der Waals surface area contributed by atoms with Crippen LogP contribution in [0, 0.1) is 6.92 Å². The summed E-state index contributed by atoms with van der Waals surface area (Å²) in [5, 5.41) is 1.03. The Balaban J connectivity index is 1.95. The van der Waals surface area contributed by atoms with Gasteiger partial charge in [-0.3, -0.25) is 4.90 Å². The molecule has 112 valence electrons. The Morgan fingerprint density at radius 3 is 2.95 bits per heavy atom. The third-order valence-electron chi connectivity index (χ3n) is 4.41. The van der Waals surface area contributed by atoms with Gasteiger partial charge in [-0.15, -0.1) is 0 Å². The normalized spacial score (nSPS) is 23.6. The molecule has 1 aliphatic rings. The van der Waals surface area contributed by atoms with Crippen LogP contribution >= 0.6 is 0 Å². The quantitative estimate of drug-likeness (QED) is 0.861. The predicted octanol–water partition coefficient (Wildman–Crippen LogP) is 2.41. The van der Waals surface area contributed by atoms with Gasteiger partial charge in [-0.2, -0.15) is 0 Å². The van der Waals surface area contributed by atoms with Gasteiger partial charge in [-0.05, 0) is 43.9 Å². The summed E-state index contributed by atoms with van der Waals surface area (Å²) in [6.45, 7) is 5.96. The molecule has 2 heterocycles. The molecule has 0 saturated carbocycles. The summed E-state index contributed by atoms with van der Waals surface area (Å²) in [6, 6.07) is 8.40. The van der Waals surface area contributed by atoms with E-state index in [2.05, 4.69) is 17.9 Å². The molecule has 1 fully saturated rings. The average Bonchev–Trinajstić information content (AvgIpc) is 2.41. The molecule has 0 aliphatic carbocycles. The lowest BCUT2D eigenvalue weighted by Crippen LogP contribution is -2.45. The first-order valence-corrected chi connectivity index (χ1v) is 7.56. The van der Waals surface area contributed by atoms with Crippen LogP contribution in [-0.2, 0) is 6.54 Å². The first kappa shape index (κ1) is 14.3. The van der Waals surface area contributed by atoms with Crippen molar-refractivity contribution in [2.45, 2.75) is 45.3 Å². The van der Waals surface area contributed by atoms with Crippen LogP contribution < -0.4 is 11.4 Å². The number of piperidine rings is 1. The van der Waals surface area contributed by atoms with Crippen molar-refractivity contribution in [3.05, 3.63) is 45.8 Å². The second-order valence-corrected chi connectivity index (χ2v) is 6.19. The number of fused-ring (bicyclic) bond motifs is 1. The Hall–Kier alpha value is -1.65. The molecule has 2 atom stereocenters. The molecule has 0 amide bonds. The molecule has 4 heteroatoms. The first-order valence-electron chi connectivity index (χ1n) is 7.56. The van der Waals surface area contributed by atoms with Crippen LogP contribution in [0.1, 0.15) is 30.9 Å². The lowest BCUT2D eigenvalue weighted by atomic mass is 9.98. The minimum atomic E-state index is -0.274. The number of likely N-dealkylation sites (tertiary alicyclic amines) is 1. The minimum Gasteiger partial charge on any atom is -0.423 e. The number of hydrogen-bond acceptors (Lipinski definition) is 4. The van der Waals surface area contributed by atoms with Crippen molar-refractivity contribution in [3.63, 3.8) is 0 Å². The molecular formula is C17H22N2O2. The monoisotopic (exact) mass is 286 g/mol. The smallest absolute Gasteiger partial charge is 0.336 e. The van der Waals surface area contributed by atoms with Crippen LogP contribution in [0.15, 0.2) is 33.5 Å². The zero-order valence-electron chi connectivity index (χ0n) is 12.6. The highest BCUT2D eigenvalue weighted by Gasteiger charge is 2.23. The van der Waals surface area contributed by atoms with Gasteiger partial charge in [-0.1, -0.05) is 12.1 Å². The fourth-order valence-electron chi connectivity index (χ4n) is 3.18. The predicted molar refractivity (Wildman–Crippen MR) is 84.3 cm³/mol. The van der Waals surface area contributed by atoms with E-state index in [0.29, 0.717) is 17.7 Å². The van der Waals surface area contributed by atoms with E-state index in [0.717, 1.165) is 42.4 Å². The van der Waals surface area contributed by atoms with Crippen LogP contribution in [0.4, 0.5) is 0 Å². The van der Waals surface area contributed by atoms with Crippen LogP contribution in [0.25, 0.3) is 11.0 Å². The van der Waals surface area contributed by atoms with Gasteiger partial charge >= 0.3 is 5.63 Å². The second-order valence-electron chi connectivity index (χ2n) is 6.19. The molecule has 21 heavy (non-hydrogen) atoms. The highest BCUT2D eigenvalue weighted by Crippen LogP contribution is 2.23. The lowest BCUT2D eigenvalue weighted by Gasteiger charge is -2.36. The van der Waals surface area contributed by atoms with Gasteiger partial charge in [0.1, 0.15) is 5.58 Å². The summed E-state index contributed by atoms with van der Waals surface area (Å²) in [7, 11) is 0. The van der Waals surface area contributed by atoms with Gasteiger partial charge in [0.2, 0.25) is 0 Å². The van der Waals surface area contributed by atoms with Gasteiger partial charge in [0.15, 0.2) is 0 Å². The molecule has 1 aromatic heterocycles. The molecule has 0 spiro atoms. The molecule has 2 N–H and O–H groups in total. The van der Waals surface area contributed by atoms with Crippen molar-refractivity contribution < 1.29 is 4.42 Å².